The van der Waals surface area contributed by atoms with Gasteiger partial charge in [-0.15, -0.1) is 11.3 Å². The van der Waals surface area contributed by atoms with Gasteiger partial charge in [-0.25, -0.2) is 4.98 Å². The van der Waals surface area contributed by atoms with Crippen LogP contribution >= 0.6 is 11.3 Å². The highest BCUT2D eigenvalue weighted by Gasteiger charge is 2.24. The molecule has 0 spiro atoms. The molecule has 0 bridgehead atoms. The number of hydrogen-bond donors (Lipinski definition) is 0. The summed E-state index contributed by atoms with van der Waals surface area (Å²) < 4.78 is 5.32. The number of hydrogen-bond acceptors (Lipinski definition) is 5. The van der Waals surface area contributed by atoms with Crippen molar-refractivity contribution in [1.82, 2.24) is 9.88 Å². The van der Waals surface area contributed by atoms with Crippen LogP contribution in [0.5, 0.6) is 5.75 Å². The number of rotatable bonds is 3. The predicted octanol–water partition coefficient (Wildman–Crippen LogP) is 5.04. The fraction of sp³-hybridized carbons (Fsp3) is 0.280. The van der Waals surface area contributed by atoms with Crippen LogP contribution in [0.15, 0.2) is 48.5 Å². The zero-order valence-electron chi connectivity index (χ0n) is 18.0. The van der Waals surface area contributed by atoms with Gasteiger partial charge in [-0.3, -0.25) is 4.79 Å². The van der Waals surface area contributed by atoms with Crippen molar-refractivity contribution in [3.05, 3.63) is 64.5 Å². The first-order valence-corrected chi connectivity index (χ1v) is 11.3. The lowest BCUT2D eigenvalue weighted by atomic mass is 10.1. The van der Waals surface area contributed by atoms with Crippen LogP contribution in [0.1, 0.15) is 20.8 Å². The summed E-state index contributed by atoms with van der Waals surface area (Å²) in [6, 6.07) is 16.5. The number of aryl methyl sites for hydroxylation is 2. The molecule has 3 heterocycles. The number of piperazine rings is 1. The van der Waals surface area contributed by atoms with Gasteiger partial charge in [0.25, 0.3) is 5.91 Å². The molecule has 0 radical (unpaired) electrons. The second-order valence-electron chi connectivity index (χ2n) is 8.12. The number of nitrogens with zero attached hydrogens (tertiary/aromatic N) is 3. The average Bonchev–Trinajstić information content (AvgIpc) is 3.21. The van der Waals surface area contributed by atoms with E-state index < -0.39 is 0 Å². The number of carbonyl (C=O) groups excluding carboxylic acids is 1. The SMILES string of the molecule is COc1ccc2nc3sc(C(=O)N4CCN(c5cc(C)ccc5C)CC4)cc3cc2c1. The maximum Gasteiger partial charge on any atom is 0.264 e. The smallest absolute Gasteiger partial charge is 0.264 e. The molecule has 5 nitrogen and oxygen atoms in total. The summed E-state index contributed by atoms with van der Waals surface area (Å²) in [6.45, 7) is 7.43. The van der Waals surface area contributed by atoms with Crippen LogP contribution in [0, 0.1) is 13.8 Å². The van der Waals surface area contributed by atoms with Crippen LogP contribution in [0.25, 0.3) is 21.1 Å². The van der Waals surface area contributed by atoms with E-state index in [4.69, 9.17) is 9.72 Å². The Labute approximate surface area is 185 Å². The van der Waals surface area contributed by atoms with E-state index in [9.17, 15) is 4.79 Å². The number of ether oxygens (including phenoxy) is 1. The molecule has 1 fully saturated rings. The number of thiophene rings is 1. The minimum Gasteiger partial charge on any atom is -0.497 e. The van der Waals surface area contributed by atoms with E-state index in [1.807, 2.05) is 29.2 Å². The molecule has 1 amide bonds. The van der Waals surface area contributed by atoms with Crippen molar-refractivity contribution in [3.8, 4) is 5.75 Å². The van der Waals surface area contributed by atoms with E-state index in [0.29, 0.717) is 0 Å². The first-order valence-electron chi connectivity index (χ1n) is 10.5. The molecular formula is C25H25N3O2S. The molecule has 1 saturated heterocycles. The molecule has 2 aromatic carbocycles. The summed E-state index contributed by atoms with van der Waals surface area (Å²) in [7, 11) is 1.66. The number of anilines is 1. The summed E-state index contributed by atoms with van der Waals surface area (Å²) in [5.41, 5.74) is 4.74. The molecule has 2 aromatic heterocycles. The summed E-state index contributed by atoms with van der Waals surface area (Å²) in [5.74, 6) is 0.909. The standard InChI is InChI=1S/C25H25N3O2S/c1-16-4-5-17(2)22(12-16)27-8-10-28(11-9-27)25(29)23-15-19-13-18-14-20(30-3)6-7-21(18)26-24(19)31-23/h4-7,12-15H,8-11H2,1-3H3. The van der Waals surface area contributed by atoms with E-state index in [0.717, 1.165) is 57.9 Å². The van der Waals surface area contributed by atoms with Crippen molar-refractivity contribution in [3.63, 3.8) is 0 Å². The van der Waals surface area contributed by atoms with Crippen LogP contribution in [-0.4, -0.2) is 49.1 Å². The van der Waals surface area contributed by atoms with E-state index in [1.54, 1.807) is 7.11 Å². The molecule has 0 atom stereocenters. The lowest BCUT2D eigenvalue weighted by Gasteiger charge is -2.36. The van der Waals surface area contributed by atoms with Crippen LogP contribution in [-0.2, 0) is 0 Å². The van der Waals surface area contributed by atoms with Gasteiger partial charge in [0.1, 0.15) is 10.6 Å². The van der Waals surface area contributed by atoms with Gasteiger partial charge in [-0.05, 0) is 61.4 Å². The van der Waals surface area contributed by atoms with Crippen molar-refractivity contribution in [1.29, 1.82) is 0 Å². The largest absolute Gasteiger partial charge is 0.497 e. The quantitative estimate of drug-likeness (QED) is 0.456. The molecule has 4 aromatic rings. The predicted molar refractivity (Wildman–Crippen MR) is 128 cm³/mol. The minimum absolute atomic E-state index is 0.102. The maximum absolute atomic E-state index is 13.2. The van der Waals surface area contributed by atoms with Crippen LogP contribution < -0.4 is 9.64 Å². The first kappa shape index (κ1) is 19.8. The Bertz CT molecular complexity index is 1290. The van der Waals surface area contributed by atoms with Gasteiger partial charge in [-0.1, -0.05) is 12.1 Å². The molecule has 6 heteroatoms. The van der Waals surface area contributed by atoms with E-state index >= 15 is 0 Å². The second kappa shape index (κ2) is 7.85. The highest BCUT2D eigenvalue weighted by atomic mass is 32.1. The van der Waals surface area contributed by atoms with Crippen LogP contribution in [0.3, 0.4) is 0 Å². The lowest BCUT2D eigenvalue weighted by molar-refractivity contribution is 0.0751. The van der Waals surface area contributed by atoms with Gasteiger partial charge >= 0.3 is 0 Å². The van der Waals surface area contributed by atoms with E-state index in [-0.39, 0.29) is 5.91 Å². The third-order valence-corrected chi connectivity index (χ3v) is 7.02. The summed E-state index contributed by atoms with van der Waals surface area (Å²) in [4.78, 5) is 24.0. The highest BCUT2D eigenvalue weighted by Crippen LogP contribution is 2.30. The van der Waals surface area contributed by atoms with Gasteiger partial charge in [0.2, 0.25) is 0 Å². The number of pyridine rings is 1. The highest BCUT2D eigenvalue weighted by molar-refractivity contribution is 7.20. The fourth-order valence-corrected chi connectivity index (χ4v) is 5.20. The van der Waals surface area contributed by atoms with Crippen molar-refractivity contribution in [2.75, 3.05) is 38.2 Å². The third kappa shape index (κ3) is 3.72. The monoisotopic (exact) mass is 431 g/mol. The Kier molecular flexibility index (Phi) is 5.02. The summed E-state index contributed by atoms with van der Waals surface area (Å²) in [6.07, 6.45) is 0. The van der Waals surface area contributed by atoms with Gasteiger partial charge < -0.3 is 14.5 Å². The molecule has 0 unspecified atom stereocenters. The normalized spacial score (nSPS) is 14.4. The second-order valence-corrected chi connectivity index (χ2v) is 9.15. The Morgan fingerprint density at radius 3 is 2.55 bits per heavy atom. The van der Waals surface area contributed by atoms with E-state index in [1.165, 1.54) is 28.2 Å². The van der Waals surface area contributed by atoms with Gasteiger partial charge in [0.15, 0.2) is 0 Å². The third-order valence-electron chi connectivity index (χ3n) is 5.99. The summed E-state index contributed by atoms with van der Waals surface area (Å²) >= 11 is 1.48. The van der Waals surface area contributed by atoms with Gasteiger partial charge in [-0.2, -0.15) is 0 Å². The first-order chi connectivity index (χ1) is 15.0. The van der Waals surface area contributed by atoms with Crippen molar-refractivity contribution in [2.24, 2.45) is 0 Å². The minimum atomic E-state index is 0.102. The topological polar surface area (TPSA) is 45.7 Å². The molecule has 5 rings (SSSR count). The molecule has 1 aliphatic heterocycles. The van der Waals surface area contributed by atoms with Crippen molar-refractivity contribution >= 4 is 44.1 Å². The van der Waals surface area contributed by atoms with Crippen LogP contribution in [0.4, 0.5) is 5.69 Å². The zero-order valence-corrected chi connectivity index (χ0v) is 18.8. The maximum atomic E-state index is 13.2. The number of amides is 1. The molecule has 1 aliphatic rings. The lowest BCUT2D eigenvalue weighted by Crippen LogP contribution is -2.48. The molecule has 0 aliphatic carbocycles. The number of carbonyl (C=O) groups is 1. The zero-order chi connectivity index (χ0) is 21.5. The molecule has 158 valence electrons. The van der Waals surface area contributed by atoms with Crippen molar-refractivity contribution in [2.45, 2.75) is 13.8 Å². The van der Waals surface area contributed by atoms with Gasteiger partial charge in [0, 0.05) is 42.6 Å². The Hall–Kier alpha value is -3.12. The van der Waals surface area contributed by atoms with Crippen molar-refractivity contribution < 1.29 is 9.53 Å². The number of benzene rings is 2. The molecule has 0 N–H and O–H groups in total. The number of fused-ring (bicyclic) bond motifs is 2. The molecule has 31 heavy (non-hydrogen) atoms. The number of aromatic nitrogens is 1. The number of methoxy groups -OCH3 is 1. The van der Waals surface area contributed by atoms with Gasteiger partial charge in [0.05, 0.1) is 17.5 Å². The summed E-state index contributed by atoms with van der Waals surface area (Å²) in [5, 5.41) is 2.02. The Balaban J connectivity index is 1.35. The van der Waals surface area contributed by atoms with Crippen LogP contribution in [0.2, 0.25) is 0 Å². The Morgan fingerprint density at radius 2 is 1.77 bits per heavy atom. The van der Waals surface area contributed by atoms with E-state index in [2.05, 4.69) is 43.0 Å². The Morgan fingerprint density at radius 1 is 0.968 bits per heavy atom. The molecular weight excluding hydrogens is 406 g/mol. The molecule has 0 saturated carbocycles. The fourth-order valence-electron chi connectivity index (χ4n) is 4.21. The average molecular weight is 432 g/mol.